The molecule has 0 atom stereocenters. The quantitative estimate of drug-likeness (QED) is 0.279. The van der Waals surface area contributed by atoms with E-state index < -0.39 is 35.3 Å². The fourth-order valence-electron chi connectivity index (χ4n) is 2.82. The summed E-state index contributed by atoms with van der Waals surface area (Å²) >= 11 is 5.76. The van der Waals surface area contributed by atoms with Gasteiger partial charge in [0.05, 0.1) is 12.2 Å². The van der Waals surface area contributed by atoms with Crippen LogP contribution in [0.2, 0.25) is 5.15 Å². The number of primary amides is 1. The maximum atomic E-state index is 14.2. The lowest BCUT2D eigenvalue weighted by Gasteiger charge is -2.10. The predicted molar refractivity (Wildman–Crippen MR) is 119 cm³/mol. The maximum Gasteiger partial charge on any atom is 0.405 e. The van der Waals surface area contributed by atoms with Crippen molar-refractivity contribution >= 4 is 23.3 Å². The number of alkyl halides is 3. The zero-order chi connectivity index (χ0) is 26.5. The summed E-state index contributed by atoms with van der Waals surface area (Å²) in [4.78, 5) is 16.8. The van der Waals surface area contributed by atoms with Gasteiger partial charge in [-0.2, -0.15) is 22.7 Å². The number of nitrogens with one attached hydrogen (secondary N) is 1. The Balaban J connectivity index is 0.000000840. The normalized spacial score (nSPS) is 11.1. The second-order valence-corrected chi connectivity index (χ2v) is 7.49. The van der Waals surface area contributed by atoms with Gasteiger partial charge in [0, 0.05) is 18.6 Å². The van der Waals surface area contributed by atoms with Crippen LogP contribution in [0.3, 0.4) is 0 Å². The molecule has 1 amide bonds. The van der Waals surface area contributed by atoms with Gasteiger partial charge in [0.1, 0.15) is 30.0 Å². The second-order valence-electron chi connectivity index (χ2n) is 7.13. The Morgan fingerprint density at radius 1 is 1.17 bits per heavy atom. The number of anilines is 1. The Labute approximate surface area is 205 Å². The van der Waals surface area contributed by atoms with Gasteiger partial charge in [-0.1, -0.05) is 35.0 Å². The number of hydrogen-bond acceptors (Lipinski definition) is 7. The van der Waals surface area contributed by atoms with Crippen LogP contribution in [0, 0.1) is 11.6 Å². The number of nitrogens with zero attached hydrogens (tertiary/aromatic N) is 5. The van der Waals surface area contributed by atoms with E-state index in [4.69, 9.17) is 16.1 Å². The molecule has 0 saturated carbocycles. The highest BCUT2D eigenvalue weighted by atomic mass is 35.5. The number of carbonyl (C=O) groups excluding carboxylic acids is 1. The number of carbonyl (C=O) groups is 1. The third kappa shape index (κ3) is 6.97. The van der Waals surface area contributed by atoms with Crippen molar-refractivity contribution < 1.29 is 31.3 Å². The SMILES string of the molecule is CC(N)=O.Fc1ccccc1Cn1nc(-c2nc(Cl)c(F)c(NCC(F)(F)F)n2)cc1-c1ccon1. The van der Waals surface area contributed by atoms with E-state index in [-0.39, 0.29) is 24.0 Å². The molecule has 0 bridgehead atoms. The van der Waals surface area contributed by atoms with E-state index in [0.717, 1.165) is 0 Å². The molecule has 3 heterocycles. The summed E-state index contributed by atoms with van der Waals surface area (Å²) in [6.07, 6.45) is -3.29. The van der Waals surface area contributed by atoms with Crippen LogP contribution in [-0.2, 0) is 11.3 Å². The highest BCUT2D eigenvalue weighted by molar-refractivity contribution is 6.29. The summed E-state index contributed by atoms with van der Waals surface area (Å²) in [5.74, 6) is -3.00. The molecular formula is C21H17ClF5N7O2. The van der Waals surface area contributed by atoms with Crippen LogP contribution >= 0.6 is 11.6 Å². The van der Waals surface area contributed by atoms with Crippen LogP contribution in [-0.4, -0.2) is 43.5 Å². The Morgan fingerprint density at radius 2 is 1.86 bits per heavy atom. The van der Waals surface area contributed by atoms with Gasteiger partial charge in [-0.25, -0.2) is 14.4 Å². The first-order chi connectivity index (χ1) is 16.9. The predicted octanol–water partition coefficient (Wildman–Crippen LogP) is 4.44. The van der Waals surface area contributed by atoms with Crippen molar-refractivity contribution in [3.05, 3.63) is 65.0 Å². The summed E-state index contributed by atoms with van der Waals surface area (Å²) in [5.41, 5.74) is 5.57. The van der Waals surface area contributed by atoms with Gasteiger partial charge >= 0.3 is 6.18 Å². The first kappa shape index (κ1) is 26.5. The van der Waals surface area contributed by atoms with Crippen molar-refractivity contribution in [3.8, 4) is 22.9 Å². The summed E-state index contributed by atoms with van der Waals surface area (Å²) < 4.78 is 72.1. The summed E-state index contributed by atoms with van der Waals surface area (Å²) in [6, 6.07) is 9.03. The number of benzene rings is 1. The minimum absolute atomic E-state index is 0.0109. The zero-order valence-electron chi connectivity index (χ0n) is 18.4. The van der Waals surface area contributed by atoms with Gasteiger partial charge in [-0.15, -0.1) is 0 Å². The third-order valence-electron chi connectivity index (χ3n) is 4.25. The minimum Gasteiger partial charge on any atom is -0.370 e. The molecule has 0 fully saturated rings. The molecule has 0 spiro atoms. The number of nitrogens with two attached hydrogens (primary N) is 1. The molecule has 0 radical (unpaired) electrons. The molecule has 36 heavy (non-hydrogen) atoms. The largest absolute Gasteiger partial charge is 0.405 e. The Morgan fingerprint density at radius 3 is 2.47 bits per heavy atom. The molecule has 3 aromatic heterocycles. The fourth-order valence-corrected chi connectivity index (χ4v) is 2.99. The first-order valence-electron chi connectivity index (χ1n) is 9.96. The number of hydrogen-bond donors (Lipinski definition) is 2. The van der Waals surface area contributed by atoms with Gasteiger partial charge in [0.25, 0.3) is 0 Å². The van der Waals surface area contributed by atoms with Crippen LogP contribution in [0.4, 0.5) is 27.8 Å². The van der Waals surface area contributed by atoms with E-state index in [0.29, 0.717) is 17.0 Å². The Hall–Kier alpha value is -4.07. The molecule has 1 aromatic carbocycles. The maximum absolute atomic E-state index is 14.2. The van der Waals surface area contributed by atoms with E-state index in [1.54, 1.807) is 12.1 Å². The summed E-state index contributed by atoms with van der Waals surface area (Å²) in [6.45, 7) is -0.231. The van der Waals surface area contributed by atoms with Crippen molar-refractivity contribution in [1.82, 2.24) is 24.9 Å². The van der Waals surface area contributed by atoms with E-state index in [2.05, 4.69) is 26.0 Å². The van der Waals surface area contributed by atoms with Gasteiger partial charge in [0.2, 0.25) is 11.7 Å². The van der Waals surface area contributed by atoms with Crippen molar-refractivity contribution in [1.29, 1.82) is 0 Å². The first-order valence-corrected chi connectivity index (χ1v) is 10.3. The lowest BCUT2D eigenvalue weighted by Crippen LogP contribution is -2.22. The molecular weight excluding hydrogens is 513 g/mol. The summed E-state index contributed by atoms with van der Waals surface area (Å²) in [7, 11) is 0. The van der Waals surface area contributed by atoms with E-state index in [1.807, 2.05) is 5.32 Å². The van der Waals surface area contributed by atoms with Crippen molar-refractivity contribution in [2.75, 3.05) is 11.9 Å². The number of rotatable bonds is 6. The van der Waals surface area contributed by atoms with Crippen LogP contribution in [0.15, 0.2) is 47.2 Å². The minimum atomic E-state index is -4.61. The number of amides is 1. The van der Waals surface area contributed by atoms with Crippen LogP contribution in [0.1, 0.15) is 12.5 Å². The van der Waals surface area contributed by atoms with E-state index in [9.17, 15) is 26.7 Å². The van der Waals surface area contributed by atoms with E-state index in [1.165, 1.54) is 42.1 Å². The molecule has 4 aromatic rings. The number of aromatic nitrogens is 5. The highest BCUT2D eigenvalue weighted by Crippen LogP contribution is 2.28. The topological polar surface area (TPSA) is 125 Å². The zero-order valence-corrected chi connectivity index (χ0v) is 19.1. The lowest BCUT2D eigenvalue weighted by atomic mass is 10.2. The molecule has 3 N–H and O–H groups in total. The molecule has 0 aliphatic rings. The monoisotopic (exact) mass is 529 g/mol. The Bertz CT molecular complexity index is 1340. The number of halogens is 6. The average molecular weight is 530 g/mol. The third-order valence-corrected chi connectivity index (χ3v) is 4.50. The van der Waals surface area contributed by atoms with Gasteiger partial charge < -0.3 is 15.6 Å². The van der Waals surface area contributed by atoms with Gasteiger partial charge in [-0.05, 0) is 12.1 Å². The molecule has 15 heteroatoms. The van der Waals surface area contributed by atoms with Crippen LogP contribution in [0.5, 0.6) is 0 Å². The molecule has 0 unspecified atom stereocenters. The van der Waals surface area contributed by atoms with Crippen LogP contribution in [0.25, 0.3) is 22.9 Å². The smallest absolute Gasteiger partial charge is 0.370 e. The van der Waals surface area contributed by atoms with Crippen molar-refractivity contribution in [3.63, 3.8) is 0 Å². The molecule has 9 nitrogen and oxygen atoms in total. The average Bonchev–Trinajstić information content (AvgIpc) is 3.45. The molecule has 4 rings (SSSR count). The fraction of sp³-hybridized carbons (Fsp3) is 0.190. The van der Waals surface area contributed by atoms with E-state index >= 15 is 0 Å². The lowest BCUT2D eigenvalue weighted by molar-refractivity contribution is -0.116. The van der Waals surface area contributed by atoms with Crippen molar-refractivity contribution in [2.24, 2.45) is 5.73 Å². The van der Waals surface area contributed by atoms with Gasteiger partial charge in [-0.3, -0.25) is 9.48 Å². The standard InChI is InChI=1S/C19H12ClF5N6O.C2H5NO/c20-16-15(22)18(26-9-19(23,24)25)28-17(27-16)13-7-14(12-5-6-32-30-12)31(29-13)8-10-3-1-2-4-11(10)21;1-2(3)4/h1-7H,8-9H2,(H,26,27,28);1H3,(H2,3,4). The highest BCUT2D eigenvalue weighted by Gasteiger charge is 2.28. The molecule has 0 saturated heterocycles. The van der Waals surface area contributed by atoms with Crippen molar-refractivity contribution in [2.45, 2.75) is 19.6 Å². The molecule has 0 aliphatic heterocycles. The second kappa shape index (κ2) is 11.1. The molecule has 190 valence electrons. The molecule has 0 aliphatic carbocycles. The van der Waals surface area contributed by atoms with Crippen LogP contribution < -0.4 is 11.1 Å². The Kier molecular flexibility index (Phi) is 8.19. The summed E-state index contributed by atoms with van der Waals surface area (Å²) in [5, 5.41) is 9.30. The van der Waals surface area contributed by atoms with Gasteiger partial charge in [0.15, 0.2) is 16.8 Å².